The summed E-state index contributed by atoms with van der Waals surface area (Å²) < 4.78 is 56.5. The van der Waals surface area contributed by atoms with Crippen LogP contribution in [0.1, 0.15) is 35.3 Å². The number of ether oxygens (including phenoxy) is 2. The Morgan fingerprint density at radius 3 is 2.73 bits per heavy atom. The van der Waals surface area contributed by atoms with Crippen LogP contribution in [0.25, 0.3) is 0 Å². The van der Waals surface area contributed by atoms with Crippen LogP contribution in [-0.2, 0) is 26.6 Å². The minimum absolute atomic E-state index is 0.0259. The summed E-state index contributed by atoms with van der Waals surface area (Å²) in [5.41, 5.74) is 0.0682. The number of fused-ring (bicyclic) bond motifs is 3. The highest BCUT2D eigenvalue weighted by atomic mass is 32.2. The number of sulfonamides is 1. The molecule has 0 spiro atoms. The Balaban J connectivity index is 1.24. The van der Waals surface area contributed by atoms with Crippen molar-refractivity contribution >= 4 is 27.5 Å². The van der Waals surface area contributed by atoms with Crippen LogP contribution in [0.2, 0.25) is 0 Å². The first-order chi connectivity index (χ1) is 17.6. The van der Waals surface area contributed by atoms with E-state index in [1.54, 1.807) is 18.9 Å². The minimum Gasteiger partial charge on any atom is -0.489 e. The van der Waals surface area contributed by atoms with E-state index in [0.717, 1.165) is 12.8 Å². The monoisotopic (exact) mass is 532 g/mol. The summed E-state index contributed by atoms with van der Waals surface area (Å²) in [6.45, 7) is 3.11. The van der Waals surface area contributed by atoms with Gasteiger partial charge in [-0.1, -0.05) is 0 Å². The van der Waals surface area contributed by atoms with E-state index in [1.165, 1.54) is 29.0 Å². The standard InChI is InChI=1S/C25H29FN4O6S/c1-14-7-17(3-4-18(14)26)27-23(31)21-22-20(11-29(21)2)37(33,34)28-19-10-30(6-5-16(19)13-35-22)24(32)25-8-15(9-25)12-36-25/h3-4,7,11,15-16,19,28H,5-6,8-10,12-13H2,1-2H3,(H,27,31). The number of halogens is 1. The number of aromatic nitrogens is 1. The van der Waals surface area contributed by atoms with Crippen LogP contribution in [0.4, 0.5) is 10.1 Å². The van der Waals surface area contributed by atoms with E-state index in [0.29, 0.717) is 36.7 Å². The molecular formula is C25H29FN4O6S. The zero-order chi connectivity index (χ0) is 26.1. The first-order valence-electron chi connectivity index (χ1n) is 12.4. The quantitative estimate of drug-likeness (QED) is 0.622. The smallest absolute Gasteiger partial charge is 0.276 e. The summed E-state index contributed by atoms with van der Waals surface area (Å²) in [6, 6.07) is 3.67. The van der Waals surface area contributed by atoms with Crippen molar-refractivity contribution in [2.24, 2.45) is 18.9 Å². The van der Waals surface area contributed by atoms with Gasteiger partial charge in [-0.2, -0.15) is 0 Å². The molecule has 2 amide bonds. The zero-order valence-electron chi connectivity index (χ0n) is 20.6. The molecule has 0 radical (unpaired) electrons. The first-order valence-corrected chi connectivity index (χ1v) is 13.9. The van der Waals surface area contributed by atoms with Crippen LogP contribution in [0, 0.1) is 24.6 Å². The minimum atomic E-state index is -4.06. The van der Waals surface area contributed by atoms with Gasteiger partial charge >= 0.3 is 0 Å². The fraction of sp³-hybridized carbons (Fsp3) is 0.520. The third-order valence-corrected chi connectivity index (χ3v) is 9.52. The molecule has 2 atom stereocenters. The predicted molar refractivity (Wildman–Crippen MR) is 130 cm³/mol. The number of hydrogen-bond donors (Lipinski definition) is 2. The molecule has 5 aliphatic rings. The first kappa shape index (κ1) is 24.4. The fourth-order valence-electron chi connectivity index (χ4n) is 5.96. The van der Waals surface area contributed by atoms with Crippen LogP contribution in [0.15, 0.2) is 29.3 Å². The molecule has 2 unspecified atom stereocenters. The maximum Gasteiger partial charge on any atom is 0.276 e. The van der Waals surface area contributed by atoms with Crippen molar-refractivity contribution in [2.45, 2.75) is 42.7 Å². The number of carbonyl (C=O) groups excluding carboxylic acids is 2. The summed E-state index contributed by atoms with van der Waals surface area (Å²) >= 11 is 0. The van der Waals surface area contributed by atoms with Gasteiger partial charge in [0.25, 0.3) is 11.8 Å². The van der Waals surface area contributed by atoms with Gasteiger partial charge in [-0.3, -0.25) is 9.59 Å². The third-order valence-electron chi connectivity index (χ3n) is 8.04. The predicted octanol–water partition coefficient (Wildman–Crippen LogP) is 1.79. The van der Waals surface area contributed by atoms with Crippen molar-refractivity contribution < 1.29 is 31.9 Å². The molecule has 1 aromatic heterocycles. The summed E-state index contributed by atoms with van der Waals surface area (Å²) in [7, 11) is -2.50. The van der Waals surface area contributed by atoms with E-state index >= 15 is 0 Å². The molecule has 1 aliphatic carbocycles. The van der Waals surface area contributed by atoms with Crippen molar-refractivity contribution in [1.29, 1.82) is 0 Å². The molecule has 10 nitrogen and oxygen atoms in total. The number of rotatable bonds is 3. The molecule has 2 N–H and O–H groups in total. The maximum atomic E-state index is 13.6. The average Bonchev–Trinajstić information content (AvgIpc) is 3.52. The topological polar surface area (TPSA) is 119 Å². The Labute approximate surface area is 214 Å². The van der Waals surface area contributed by atoms with Gasteiger partial charge in [0.2, 0.25) is 10.0 Å². The molecular weight excluding hydrogens is 503 g/mol. The molecule has 4 fully saturated rings. The van der Waals surface area contributed by atoms with Gasteiger partial charge in [0.1, 0.15) is 16.3 Å². The van der Waals surface area contributed by atoms with Crippen molar-refractivity contribution in [1.82, 2.24) is 14.2 Å². The van der Waals surface area contributed by atoms with Crippen LogP contribution < -0.4 is 14.8 Å². The summed E-state index contributed by atoms with van der Waals surface area (Å²) in [5, 5.41) is 2.70. The lowest BCUT2D eigenvalue weighted by Crippen LogP contribution is -2.60. The van der Waals surface area contributed by atoms with Crippen LogP contribution in [0.3, 0.4) is 0 Å². The number of carbonyl (C=O) groups is 2. The number of likely N-dealkylation sites (tertiary alicyclic amines) is 1. The van der Waals surface area contributed by atoms with Crippen LogP contribution in [-0.4, -0.2) is 67.6 Å². The van der Waals surface area contributed by atoms with Crippen molar-refractivity contribution in [3.05, 3.63) is 41.5 Å². The summed E-state index contributed by atoms with van der Waals surface area (Å²) in [6.07, 6.45) is 3.37. The highest BCUT2D eigenvalue weighted by molar-refractivity contribution is 7.89. The highest BCUT2D eigenvalue weighted by Gasteiger charge is 2.59. The number of nitrogens with one attached hydrogen (secondary N) is 2. The van der Waals surface area contributed by atoms with E-state index < -0.39 is 33.4 Å². The number of hydrogen-bond acceptors (Lipinski definition) is 6. The Bertz CT molecular complexity index is 1390. The van der Waals surface area contributed by atoms with E-state index in [4.69, 9.17) is 9.47 Å². The second kappa shape index (κ2) is 8.53. The van der Waals surface area contributed by atoms with Gasteiger partial charge in [0.15, 0.2) is 11.4 Å². The molecule has 1 aromatic carbocycles. The van der Waals surface area contributed by atoms with Crippen molar-refractivity contribution in [3.8, 4) is 5.75 Å². The highest BCUT2D eigenvalue weighted by Crippen LogP contribution is 2.49. The van der Waals surface area contributed by atoms with Gasteiger partial charge in [-0.25, -0.2) is 17.5 Å². The molecule has 1 saturated carbocycles. The summed E-state index contributed by atoms with van der Waals surface area (Å²) in [5.74, 6) is -0.780. The maximum absolute atomic E-state index is 13.6. The molecule has 198 valence electrons. The van der Waals surface area contributed by atoms with Crippen LogP contribution in [0.5, 0.6) is 5.75 Å². The number of piperidine rings is 1. The molecule has 4 aliphatic heterocycles. The Morgan fingerprint density at radius 2 is 2.03 bits per heavy atom. The molecule has 2 aromatic rings. The zero-order valence-corrected chi connectivity index (χ0v) is 21.4. The number of benzene rings is 1. The normalized spacial score (nSPS) is 29.7. The number of aryl methyl sites for hydroxylation is 2. The SMILES string of the molecule is Cc1cc(NC(=O)c2c3c(cn2C)S(=O)(=O)NC2CN(C(=O)C45CC(CO4)C5)CCC2CO3)ccc1F. The second-order valence-electron chi connectivity index (χ2n) is 10.6. The van der Waals surface area contributed by atoms with Gasteiger partial charge in [-0.05, 0) is 55.9 Å². The number of amides is 2. The van der Waals surface area contributed by atoms with Gasteiger partial charge in [0.05, 0.1) is 13.2 Å². The number of anilines is 1. The molecule has 7 rings (SSSR count). The lowest BCUT2D eigenvalue weighted by molar-refractivity contribution is -0.157. The molecule has 12 heteroatoms. The third kappa shape index (κ3) is 4.02. The van der Waals surface area contributed by atoms with Gasteiger partial charge in [-0.15, -0.1) is 0 Å². The lowest BCUT2D eigenvalue weighted by Gasteiger charge is -2.44. The van der Waals surface area contributed by atoms with Crippen LogP contribution >= 0.6 is 0 Å². The fourth-order valence-corrected chi connectivity index (χ4v) is 7.45. The lowest BCUT2D eigenvalue weighted by atomic mass is 9.73. The van der Waals surface area contributed by atoms with Gasteiger partial charge < -0.3 is 24.3 Å². The Morgan fingerprint density at radius 1 is 1.24 bits per heavy atom. The van der Waals surface area contributed by atoms with E-state index in [1.807, 2.05) is 0 Å². The molecule has 3 saturated heterocycles. The average molecular weight is 533 g/mol. The van der Waals surface area contributed by atoms with Gasteiger partial charge in [0, 0.05) is 44.0 Å². The van der Waals surface area contributed by atoms with E-state index in [2.05, 4.69) is 10.0 Å². The second-order valence-corrected chi connectivity index (χ2v) is 12.3. The molecule has 37 heavy (non-hydrogen) atoms. The Kier molecular flexibility index (Phi) is 5.62. The van der Waals surface area contributed by atoms with E-state index in [9.17, 15) is 22.4 Å². The molecule has 2 bridgehead atoms. The molecule has 5 heterocycles. The Hall–Kier alpha value is -2.96. The summed E-state index contributed by atoms with van der Waals surface area (Å²) in [4.78, 5) is 27.9. The largest absolute Gasteiger partial charge is 0.489 e. The van der Waals surface area contributed by atoms with E-state index in [-0.39, 0.29) is 41.3 Å². The van der Waals surface area contributed by atoms with Crippen molar-refractivity contribution in [2.75, 3.05) is 31.6 Å². The van der Waals surface area contributed by atoms with Crippen molar-refractivity contribution in [3.63, 3.8) is 0 Å². The number of nitrogens with zero attached hydrogens (tertiary/aromatic N) is 2.